The zero-order valence-corrected chi connectivity index (χ0v) is 16.0. The van der Waals surface area contributed by atoms with Gasteiger partial charge in [-0.1, -0.05) is 11.6 Å². The number of hydrogen-bond donors (Lipinski definition) is 1. The summed E-state index contributed by atoms with van der Waals surface area (Å²) in [6.07, 6.45) is -4.84. The van der Waals surface area contributed by atoms with Crippen molar-refractivity contribution in [1.82, 2.24) is 9.78 Å². The highest BCUT2D eigenvalue weighted by Gasteiger charge is 2.47. The van der Waals surface area contributed by atoms with Crippen molar-refractivity contribution in [2.75, 3.05) is 16.8 Å². The fourth-order valence-corrected chi connectivity index (χ4v) is 3.86. The lowest BCUT2D eigenvalue weighted by molar-refractivity contribution is -0.143. The number of nitrogens with zero attached hydrogens (tertiary/aromatic N) is 3. The van der Waals surface area contributed by atoms with E-state index in [0.29, 0.717) is 4.68 Å². The Morgan fingerprint density at radius 3 is 2.55 bits per heavy atom. The lowest BCUT2D eigenvalue weighted by Gasteiger charge is -2.41. The molecule has 0 fully saturated rings. The van der Waals surface area contributed by atoms with Gasteiger partial charge < -0.3 is 10.1 Å². The average molecular weight is 433 g/mol. The molecule has 0 radical (unpaired) electrons. The molecule has 0 unspecified atom stereocenters. The number of anilines is 2. The zero-order chi connectivity index (χ0) is 21.5. The summed E-state index contributed by atoms with van der Waals surface area (Å²) < 4.78 is 60.9. The van der Waals surface area contributed by atoms with Gasteiger partial charge in [0.25, 0.3) is 5.91 Å². The van der Waals surface area contributed by atoms with E-state index in [4.69, 9.17) is 16.3 Å². The number of carbonyl (C=O) groups is 2. The number of nitrogens with one attached hydrogen (secondary N) is 1. The summed E-state index contributed by atoms with van der Waals surface area (Å²) in [7, 11) is 1.01. The van der Waals surface area contributed by atoms with Crippen LogP contribution in [0.15, 0.2) is 6.07 Å². The third-order valence-corrected chi connectivity index (χ3v) is 5.03. The van der Waals surface area contributed by atoms with Crippen molar-refractivity contribution in [2.24, 2.45) is 7.05 Å². The average Bonchev–Trinajstić information content (AvgIpc) is 2.85. The van der Waals surface area contributed by atoms with E-state index in [9.17, 15) is 22.8 Å². The SMILES string of the molecule is Cn1nc(-c2c(F)cc3c4c2NC(=O)CN4C(=O)C(C)(C)O3)c(Cl)c1C(F)(F)F. The number of alkyl halides is 3. The molecule has 29 heavy (non-hydrogen) atoms. The number of benzene rings is 1. The first-order valence-corrected chi connectivity index (χ1v) is 8.68. The first kappa shape index (κ1) is 19.5. The lowest BCUT2D eigenvalue weighted by atomic mass is 9.97. The third-order valence-electron chi connectivity index (χ3n) is 4.67. The van der Waals surface area contributed by atoms with Gasteiger partial charge in [-0.15, -0.1) is 0 Å². The minimum atomic E-state index is -4.84. The minimum Gasteiger partial charge on any atom is -0.476 e. The van der Waals surface area contributed by atoms with Crippen molar-refractivity contribution in [1.29, 1.82) is 0 Å². The van der Waals surface area contributed by atoms with E-state index in [1.165, 1.54) is 13.8 Å². The predicted molar refractivity (Wildman–Crippen MR) is 94.3 cm³/mol. The molecular formula is C17H13ClF4N4O3. The summed E-state index contributed by atoms with van der Waals surface area (Å²) >= 11 is 5.90. The molecule has 1 N–H and O–H groups in total. The highest BCUT2D eigenvalue weighted by molar-refractivity contribution is 6.34. The molecule has 0 aliphatic carbocycles. The van der Waals surface area contributed by atoms with E-state index < -0.39 is 51.4 Å². The molecule has 0 atom stereocenters. The Labute approximate surface area is 166 Å². The molecule has 0 bridgehead atoms. The normalized spacial score (nSPS) is 17.7. The standard InChI is InChI=1S/C17H13ClF4N4O3/c1-16(2)15(28)26-5-8(27)23-12-9(6(19)4-7(29-16)13(12)26)11-10(18)14(17(20,21)22)25(3)24-11/h4H,5H2,1-3H3,(H,23,27). The molecule has 4 rings (SSSR count). The monoisotopic (exact) mass is 432 g/mol. The Kier molecular flexibility index (Phi) is 3.93. The lowest BCUT2D eigenvalue weighted by Crippen LogP contribution is -2.56. The van der Waals surface area contributed by atoms with Gasteiger partial charge in [0.1, 0.15) is 29.5 Å². The van der Waals surface area contributed by atoms with Gasteiger partial charge in [-0.05, 0) is 13.8 Å². The van der Waals surface area contributed by atoms with Gasteiger partial charge in [-0.25, -0.2) is 4.39 Å². The quantitative estimate of drug-likeness (QED) is 0.701. The van der Waals surface area contributed by atoms with Crippen LogP contribution < -0.4 is 15.0 Å². The van der Waals surface area contributed by atoms with Crippen molar-refractivity contribution in [3.63, 3.8) is 0 Å². The van der Waals surface area contributed by atoms with Gasteiger partial charge >= 0.3 is 6.18 Å². The Bertz CT molecular complexity index is 1090. The molecule has 7 nitrogen and oxygen atoms in total. The van der Waals surface area contributed by atoms with Crippen LogP contribution >= 0.6 is 11.6 Å². The maximum atomic E-state index is 15.0. The molecule has 1 aromatic heterocycles. The molecule has 2 aliphatic rings. The Balaban J connectivity index is 2.03. The van der Waals surface area contributed by atoms with Gasteiger partial charge in [-0.3, -0.25) is 19.2 Å². The van der Waals surface area contributed by atoms with Crippen molar-refractivity contribution in [3.05, 3.63) is 22.6 Å². The number of carbonyl (C=O) groups excluding carboxylic acids is 2. The first-order chi connectivity index (χ1) is 13.3. The highest BCUT2D eigenvalue weighted by atomic mass is 35.5. The smallest absolute Gasteiger partial charge is 0.434 e. The number of hydrogen-bond acceptors (Lipinski definition) is 4. The predicted octanol–water partition coefficient (Wildman–Crippen LogP) is 3.35. The van der Waals surface area contributed by atoms with E-state index in [2.05, 4.69) is 10.4 Å². The van der Waals surface area contributed by atoms with Crippen LogP contribution in [0.3, 0.4) is 0 Å². The van der Waals surface area contributed by atoms with Gasteiger partial charge in [0.05, 0.1) is 16.3 Å². The van der Waals surface area contributed by atoms with Gasteiger partial charge in [-0.2, -0.15) is 18.3 Å². The second-order valence-corrected chi connectivity index (χ2v) is 7.52. The van der Waals surface area contributed by atoms with Crippen LogP contribution in [0.2, 0.25) is 5.02 Å². The van der Waals surface area contributed by atoms with Crippen LogP contribution in [-0.4, -0.2) is 33.7 Å². The fourth-order valence-electron chi connectivity index (χ4n) is 3.50. The molecule has 0 spiro atoms. The molecular weight excluding hydrogens is 420 g/mol. The van der Waals surface area contributed by atoms with Crippen molar-refractivity contribution >= 4 is 34.8 Å². The number of amides is 2. The molecule has 2 aliphatic heterocycles. The van der Waals surface area contributed by atoms with Gasteiger partial charge in [0.2, 0.25) is 5.91 Å². The van der Waals surface area contributed by atoms with Crippen molar-refractivity contribution in [3.8, 4) is 17.0 Å². The zero-order valence-electron chi connectivity index (χ0n) is 15.2. The summed E-state index contributed by atoms with van der Waals surface area (Å²) in [5, 5.41) is 5.29. The maximum Gasteiger partial charge on any atom is 0.434 e. The number of aryl methyl sites for hydroxylation is 1. The number of ether oxygens (including phenoxy) is 1. The molecule has 154 valence electrons. The van der Waals surface area contributed by atoms with E-state index in [-0.39, 0.29) is 23.7 Å². The summed E-state index contributed by atoms with van der Waals surface area (Å²) in [4.78, 5) is 26.0. The van der Waals surface area contributed by atoms with E-state index >= 15 is 4.39 Å². The first-order valence-electron chi connectivity index (χ1n) is 8.30. The van der Waals surface area contributed by atoms with Gasteiger partial charge in [0, 0.05) is 13.1 Å². The van der Waals surface area contributed by atoms with Crippen LogP contribution in [0.1, 0.15) is 19.5 Å². The van der Waals surface area contributed by atoms with E-state index in [1.54, 1.807) is 0 Å². The summed E-state index contributed by atoms with van der Waals surface area (Å²) in [5.74, 6) is -2.25. The molecule has 1 aromatic carbocycles. The molecule has 0 saturated heterocycles. The van der Waals surface area contributed by atoms with Crippen LogP contribution in [0.4, 0.5) is 28.9 Å². The number of halogens is 5. The van der Waals surface area contributed by atoms with Crippen LogP contribution in [0.25, 0.3) is 11.3 Å². The Morgan fingerprint density at radius 1 is 1.31 bits per heavy atom. The molecule has 2 aromatic rings. The largest absolute Gasteiger partial charge is 0.476 e. The minimum absolute atomic E-state index is 0.0334. The Morgan fingerprint density at radius 2 is 1.97 bits per heavy atom. The van der Waals surface area contributed by atoms with Crippen LogP contribution in [-0.2, 0) is 22.8 Å². The van der Waals surface area contributed by atoms with Gasteiger partial charge in [0.15, 0.2) is 11.3 Å². The summed E-state index contributed by atoms with van der Waals surface area (Å²) in [6.45, 7) is 2.57. The molecule has 2 amide bonds. The second-order valence-electron chi connectivity index (χ2n) is 7.14. The number of rotatable bonds is 1. The van der Waals surface area contributed by atoms with E-state index in [0.717, 1.165) is 18.0 Å². The summed E-state index contributed by atoms with van der Waals surface area (Å²) in [6, 6.07) is 0.936. The van der Waals surface area contributed by atoms with Crippen LogP contribution in [0.5, 0.6) is 5.75 Å². The maximum absolute atomic E-state index is 15.0. The van der Waals surface area contributed by atoms with Crippen molar-refractivity contribution in [2.45, 2.75) is 25.6 Å². The highest BCUT2D eigenvalue weighted by Crippen LogP contribution is 2.51. The fraction of sp³-hybridized carbons (Fsp3) is 0.353. The van der Waals surface area contributed by atoms with Crippen LogP contribution in [0, 0.1) is 5.82 Å². The molecule has 12 heteroatoms. The summed E-state index contributed by atoms with van der Waals surface area (Å²) in [5.41, 5.74) is -3.80. The Hall–Kier alpha value is -2.82. The molecule has 3 heterocycles. The third kappa shape index (κ3) is 2.75. The van der Waals surface area contributed by atoms with Crippen molar-refractivity contribution < 1.29 is 31.9 Å². The molecule has 0 saturated carbocycles. The van der Waals surface area contributed by atoms with E-state index in [1.807, 2.05) is 0 Å². The number of aromatic nitrogens is 2. The topological polar surface area (TPSA) is 76.5 Å². The second kappa shape index (κ2) is 5.85.